The fourth-order valence-corrected chi connectivity index (χ4v) is 4.00. The number of sulfonamides is 1. The number of halogens is 2. The second-order valence-electron chi connectivity index (χ2n) is 7.08. The molecule has 0 unspecified atom stereocenters. The smallest absolute Gasteiger partial charge is 0.262 e. The summed E-state index contributed by atoms with van der Waals surface area (Å²) < 4.78 is 53.4. The predicted octanol–water partition coefficient (Wildman–Crippen LogP) is 4.30. The molecular formula is C22H25ClFN3O5S. The molecule has 178 valence electrons. The van der Waals surface area contributed by atoms with Crippen molar-refractivity contribution in [2.24, 2.45) is 5.73 Å². The molecule has 8 nitrogen and oxygen atoms in total. The predicted molar refractivity (Wildman–Crippen MR) is 127 cm³/mol. The van der Waals surface area contributed by atoms with Crippen molar-refractivity contribution in [3.63, 3.8) is 0 Å². The number of methoxy groups -OCH3 is 1. The Labute approximate surface area is 197 Å². The van der Waals surface area contributed by atoms with E-state index in [0.29, 0.717) is 23.6 Å². The molecule has 0 spiro atoms. The van der Waals surface area contributed by atoms with Crippen molar-refractivity contribution in [3.8, 4) is 17.1 Å². The summed E-state index contributed by atoms with van der Waals surface area (Å²) in [6, 6.07) is 10.6. The Balaban J connectivity index is 0.00000385. The molecule has 2 aromatic carbocycles. The molecule has 0 bridgehead atoms. The topological polar surface area (TPSA) is 124 Å². The van der Waals surface area contributed by atoms with Crippen molar-refractivity contribution in [1.29, 1.82) is 0 Å². The molecule has 0 aliphatic rings. The van der Waals surface area contributed by atoms with Gasteiger partial charge in [-0.05, 0) is 61.9 Å². The molecule has 0 saturated carbocycles. The van der Waals surface area contributed by atoms with Gasteiger partial charge in [0.05, 0.1) is 29.3 Å². The lowest BCUT2D eigenvalue weighted by Crippen LogP contribution is -2.34. The van der Waals surface area contributed by atoms with Crippen molar-refractivity contribution in [1.82, 2.24) is 0 Å². The van der Waals surface area contributed by atoms with Crippen LogP contribution in [0.5, 0.6) is 5.75 Å². The number of nitrogens with two attached hydrogens (primary N) is 1. The quantitative estimate of drug-likeness (QED) is 0.426. The third-order valence-corrected chi connectivity index (χ3v) is 6.11. The molecule has 0 fully saturated rings. The van der Waals surface area contributed by atoms with Crippen LogP contribution in [0.15, 0.2) is 57.8 Å². The molecule has 0 saturated heterocycles. The van der Waals surface area contributed by atoms with Gasteiger partial charge in [-0.2, -0.15) is 0 Å². The summed E-state index contributed by atoms with van der Waals surface area (Å²) in [6.45, 7) is 3.50. The molecule has 1 heterocycles. The van der Waals surface area contributed by atoms with E-state index in [1.807, 2.05) is 0 Å². The molecule has 1 atom stereocenters. The minimum Gasteiger partial charge on any atom is -0.495 e. The van der Waals surface area contributed by atoms with Crippen LogP contribution in [0.3, 0.4) is 0 Å². The van der Waals surface area contributed by atoms with Gasteiger partial charge in [-0.3, -0.25) is 9.52 Å². The lowest BCUT2D eigenvalue weighted by molar-refractivity contribution is -0.117. The van der Waals surface area contributed by atoms with Gasteiger partial charge in [-0.15, -0.1) is 12.4 Å². The lowest BCUT2D eigenvalue weighted by atomic mass is 10.1. The summed E-state index contributed by atoms with van der Waals surface area (Å²) in [7, 11) is -2.79. The van der Waals surface area contributed by atoms with Gasteiger partial charge in [0.25, 0.3) is 10.0 Å². The summed E-state index contributed by atoms with van der Waals surface area (Å²) in [4.78, 5) is 11.8. The second-order valence-corrected chi connectivity index (χ2v) is 8.76. The summed E-state index contributed by atoms with van der Waals surface area (Å²) in [5.41, 5.74) is 6.26. The number of carbonyl (C=O) groups excluding carboxylic acids is 1. The molecule has 3 aromatic rings. The van der Waals surface area contributed by atoms with Gasteiger partial charge in [0.1, 0.15) is 23.1 Å². The van der Waals surface area contributed by atoms with Crippen molar-refractivity contribution in [2.75, 3.05) is 17.1 Å². The first-order valence-electron chi connectivity index (χ1n) is 9.78. The van der Waals surface area contributed by atoms with Crippen LogP contribution in [0, 0.1) is 12.7 Å². The number of aryl methyl sites for hydroxylation is 1. The maximum absolute atomic E-state index is 14.6. The average molecular weight is 498 g/mol. The number of carbonyl (C=O) groups is 1. The highest BCUT2D eigenvalue weighted by Gasteiger charge is 2.21. The summed E-state index contributed by atoms with van der Waals surface area (Å²) >= 11 is 0. The molecule has 11 heteroatoms. The first kappa shape index (κ1) is 26.2. The Kier molecular flexibility index (Phi) is 8.48. The number of ether oxygens (including phenoxy) is 1. The van der Waals surface area contributed by atoms with Crippen LogP contribution < -0.4 is 20.5 Å². The van der Waals surface area contributed by atoms with E-state index in [2.05, 4.69) is 10.0 Å². The van der Waals surface area contributed by atoms with E-state index in [1.54, 1.807) is 32.0 Å². The summed E-state index contributed by atoms with van der Waals surface area (Å²) in [5, 5.41) is 2.62. The minimum atomic E-state index is -4.17. The van der Waals surface area contributed by atoms with E-state index in [-0.39, 0.29) is 34.3 Å². The van der Waals surface area contributed by atoms with E-state index in [4.69, 9.17) is 14.9 Å². The standard InChI is InChI=1S/C22H24FN3O5S.ClH/c1-4-18(24)22(27)25-14-6-10-21(30-3)19(11-14)26-32(28,29)15-7-8-16(17(23)12-15)20-9-5-13(2)31-20;/h5-12,18,26H,4,24H2,1-3H3,(H,25,27);1H/t18-;/m0./s1. The third kappa shape index (κ3) is 6.04. The van der Waals surface area contributed by atoms with Crippen LogP contribution in [0.4, 0.5) is 15.8 Å². The number of anilines is 2. The fourth-order valence-electron chi connectivity index (χ4n) is 2.93. The highest BCUT2D eigenvalue weighted by atomic mass is 35.5. The number of rotatable bonds is 8. The van der Waals surface area contributed by atoms with Crippen molar-refractivity contribution >= 4 is 39.7 Å². The Hall–Kier alpha value is -3.08. The number of hydrogen-bond acceptors (Lipinski definition) is 6. The van der Waals surface area contributed by atoms with Crippen LogP contribution in [0.25, 0.3) is 11.3 Å². The van der Waals surface area contributed by atoms with Gasteiger partial charge in [-0.1, -0.05) is 6.92 Å². The number of furan rings is 1. The maximum Gasteiger partial charge on any atom is 0.262 e. The van der Waals surface area contributed by atoms with Crippen LogP contribution >= 0.6 is 12.4 Å². The molecule has 0 aliphatic heterocycles. The number of benzene rings is 2. The Bertz CT molecular complexity index is 1250. The maximum atomic E-state index is 14.6. The SMILES string of the molecule is CC[C@H](N)C(=O)Nc1ccc(OC)c(NS(=O)(=O)c2ccc(-c3ccc(C)o3)c(F)c2)c1.Cl. The van der Waals surface area contributed by atoms with Gasteiger partial charge in [-0.25, -0.2) is 12.8 Å². The zero-order valence-electron chi connectivity index (χ0n) is 18.2. The number of nitrogens with one attached hydrogen (secondary N) is 2. The van der Waals surface area contributed by atoms with Gasteiger partial charge < -0.3 is 20.2 Å². The van der Waals surface area contributed by atoms with Crippen LogP contribution in [-0.2, 0) is 14.8 Å². The van der Waals surface area contributed by atoms with E-state index in [0.717, 1.165) is 6.07 Å². The van der Waals surface area contributed by atoms with Gasteiger partial charge in [0, 0.05) is 5.69 Å². The van der Waals surface area contributed by atoms with Gasteiger partial charge >= 0.3 is 0 Å². The largest absolute Gasteiger partial charge is 0.495 e. The molecule has 0 aliphatic carbocycles. The molecular weight excluding hydrogens is 473 g/mol. The first-order valence-corrected chi connectivity index (χ1v) is 11.3. The van der Waals surface area contributed by atoms with Crippen LogP contribution in [0.1, 0.15) is 19.1 Å². The average Bonchev–Trinajstić information content (AvgIpc) is 3.18. The summed E-state index contributed by atoms with van der Waals surface area (Å²) in [5.74, 6) is -0.0281. The van der Waals surface area contributed by atoms with Gasteiger partial charge in [0.2, 0.25) is 5.91 Å². The zero-order valence-corrected chi connectivity index (χ0v) is 19.8. The van der Waals surface area contributed by atoms with Crippen molar-refractivity contribution in [2.45, 2.75) is 31.2 Å². The van der Waals surface area contributed by atoms with Crippen LogP contribution in [0.2, 0.25) is 0 Å². The van der Waals surface area contributed by atoms with Crippen molar-refractivity contribution < 1.29 is 26.8 Å². The van der Waals surface area contributed by atoms with E-state index in [9.17, 15) is 17.6 Å². The third-order valence-electron chi connectivity index (χ3n) is 4.74. The monoisotopic (exact) mass is 497 g/mol. The minimum absolute atomic E-state index is 0. The second kappa shape index (κ2) is 10.7. The normalized spacial score (nSPS) is 11.9. The first-order chi connectivity index (χ1) is 15.1. The fraction of sp³-hybridized carbons (Fsp3) is 0.227. The number of amides is 1. The van der Waals surface area contributed by atoms with E-state index in [1.165, 1.54) is 31.4 Å². The van der Waals surface area contributed by atoms with Gasteiger partial charge in [0.15, 0.2) is 0 Å². The Morgan fingerprint density at radius 1 is 1.18 bits per heavy atom. The Morgan fingerprint density at radius 2 is 1.91 bits per heavy atom. The van der Waals surface area contributed by atoms with Crippen LogP contribution in [-0.4, -0.2) is 27.5 Å². The highest BCUT2D eigenvalue weighted by molar-refractivity contribution is 7.92. The number of hydrogen-bond donors (Lipinski definition) is 3. The Morgan fingerprint density at radius 3 is 2.48 bits per heavy atom. The lowest BCUT2D eigenvalue weighted by Gasteiger charge is -2.15. The molecule has 3 rings (SSSR count). The molecule has 0 radical (unpaired) electrons. The van der Waals surface area contributed by atoms with E-state index >= 15 is 0 Å². The van der Waals surface area contributed by atoms with Crippen molar-refractivity contribution in [3.05, 3.63) is 60.1 Å². The zero-order chi connectivity index (χ0) is 23.5. The summed E-state index contributed by atoms with van der Waals surface area (Å²) in [6.07, 6.45) is 0.445. The molecule has 4 N–H and O–H groups in total. The highest BCUT2D eigenvalue weighted by Crippen LogP contribution is 2.31. The van der Waals surface area contributed by atoms with E-state index < -0.39 is 27.8 Å². The molecule has 33 heavy (non-hydrogen) atoms. The molecule has 1 aromatic heterocycles. The molecule has 1 amide bonds.